The minimum absolute atomic E-state index is 0.277. The fraction of sp³-hybridized carbons (Fsp3) is 1.00. The van der Waals surface area contributed by atoms with Crippen LogP contribution in [0.3, 0.4) is 0 Å². The predicted molar refractivity (Wildman–Crippen MR) is 71.2 cm³/mol. The first-order valence-corrected chi connectivity index (χ1v) is 7.71. The molecular weight excluding hydrogens is 220 g/mol. The van der Waals surface area contributed by atoms with Gasteiger partial charge in [0.05, 0.1) is 0 Å². The van der Waals surface area contributed by atoms with Crippen LogP contribution in [0.1, 0.15) is 27.7 Å². The zero-order valence-corrected chi connectivity index (χ0v) is 12.1. The molecule has 0 aromatic rings. The molecule has 3 unspecified atom stereocenters. The van der Waals surface area contributed by atoms with Gasteiger partial charge < -0.3 is 5.32 Å². The molecule has 96 valence electrons. The molecule has 4 heteroatoms. The average Bonchev–Trinajstić information content (AvgIpc) is 2.16. The van der Waals surface area contributed by atoms with Gasteiger partial charge in [-0.2, -0.15) is 0 Å². The molecule has 0 amide bonds. The number of nitrogens with zero attached hydrogens (tertiary/aromatic N) is 1. The maximum Gasteiger partial charge on any atom is 0.0444 e. The third-order valence-corrected chi connectivity index (χ3v) is 4.67. The van der Waals surface area contributed by atoms with E-state index in [0.29, 0.717) is 11.5 Å². The lowest BCUT2D eigenvalue weighted by atomic mass is 9.85. The van der Waals surface area contributed by atoms with E-state index in [-0.39, 0.29) is 5.25 Å². The second-order valence-corrected chi connectivity index (χ2v) is 7.74. The van der Waals surface area contributed by atoms with Crippen molar-refractivity contribution >= 4 is 10.8 Å². The van der Waals surface area contributed by atoms with E-state index in [1.807, 2.05) is 0 Å². The topological polar surface area (TPSA) is 32.3 Å². The lowest BCUT2D eigenvalue weighted by Gasteiger charge is -2.41. The summed E-state index contributed by atoms with van der Waals surface area (Å²) in [6.07, 6.45) is 1.80. The highest BCUT2D eigenvalue weighted by atomic mass is 32.2. The SMILES string of the molecule is CC(CN1CCNC(C(C)(C)C)C1)S(C)=O. The Balaban J connectivity index is 2.48. The second-order valence-electron chi connectivity index (χ2n) is 5.94. The summed E-state index contributed by atoms with van der Waals surface area (Å²) in [7, 11) is -0.706. The fourth-order valence-corrected chi connectivity index (χ4v) is 2.45. The molecule has 1 heterocycles. The number of hydrogen-bond donors (Lipinski definition) is 1. The monoisotopic (exact) mass is 246 g/mol. The molecule has 0 aliphatic carbocycles. The molecule has 1 N–H and O–H groups in total. The molecule has 0 aromatic heterocycles. The first-order valence-electron chi connectivity index (χ1n) is 6.08. The Morgan fingerprint density at radius 1 is 1.50 bits per heavy atom. The van der Waals surface area contributed by atoms with Crippen molar-refractivity contribution in [2.45, 2.75) is 39.0 Å². The molecule has 0 saturated carbocycles. The van der Waals surface area contributed by atoms with Crippen LogP contribution in [0.4, 0.5) is 0 Å². The van der Waals surface area contributed by atoms with Crippen LogP contribution in [0, 0.1) is 5.41 Å². The summed E-state index contributed by atoms with van der Waals surface area (Å²) in [6, 6.07) is 0.541. The molecule has 0 bridgehead atoms. The van der Waals surface area contributed by atoms with Gasteiger partial charge in [0, 0.05) is 54.5 Å². The minimum Gasteiger partial charge on any atom is -0.311 e. The standard InChI is InChI=1S/C12H26N2OS/c1-10(16(5)15)8-14-7-6-13-11(9-14)12(2,3)4/h10-11,13H,6-9H2,1-5H3. The quantitative estimate of drug-likeness (QED) is 0.808. The summed E-state index contributed by atoms with van der Waals surface area (Å²) in [5.41, 5.74) is 0.299. The van der Waals surface area contributed by atoms with Crippen molar-refractivity contribution in [3.63, 3.8) is 0 Å². The Hall–Kier alpha value is 0.0700. The third-order valence-electron chi connectivity index (χ3n) is 3.39. The van der Waals surface area contributed by atoms with Crippen LogP contribution in [0.5, 0.6) is 0 Å². The number of rotatable bonds is 3. The summed E-state index contributed by atoms with van der Waals surface area (Å²) in [6.45, 7) is 13.0. The highest BCUT2D eigenvalue weighted by molar-refractivity contribution is 7.84. The van der Waals surface area contributed by atoms with Gasteiger partial charge in [-0.3, -0.25) is 9.11 Å². The van der Waals surface area contributed by atoms with Crippen LogP contribution in [0.25, 0.3) is 0 Å². The molecule has 1 aliphatic heterocycles. The van der Waals surface area contributed by atoms with Gasteiger partial charge in [-0.15, -0.1) is 0 Å². The summed E-state index contributed by atoms with van der Waals surface area (Å²) >= 11 is 0. The molecular formula is C12H26N2OS. The predicted octanol–water partition coefficient (Wildman–Crippen LogP) is 1.07. The lowest BCUT2D eigenvalue weighted by Crippen LogP contribution is -2.56. The highest BCUT2D eigenvalue weighted by Crippen LogP contribution is 2.21. The van der Waals surface area contributed by atoms with Crippen LogP contribution in [0.15, 0.2) is 0 Å². The van der Waals surface area contributed by atoms with Crippen molar-refractivity contribution < 1.29 is 4.21 Å². The molecule has 0 spiro atoms. The van der Waals surface area contributed by atoms with Gasteiger partial charge in [0.15, 0.2) is 0 Å². The molecule has 1 fully saturated rings. The lowest BCUT2D eigenvalue weighted by molar-refractivity contribution is 0.135. The Labute approximate surface area is 102 Å². The van der Waals surface area contributed by atoms with Crippen molar-refractivity contribution in [2.75, 3.05) is 32.4 Å². The molecule has 1 aliphatic rings. The van der Waals surface area contributed by atoms with E-state index in [1.54, 1.807) is 6.26 Å². The third kappa shape index (κ3) is 4.15. The van der Waals surface area contributed by atoms with Crippen molar-refractivity contribution in [1.29, 1.82) is 0 Å². The molecule has 16 heavy (non-hydrogen) atoms. The molecule has 3 nitrogen and oxygen atoms in total. The normalized spacial score (nSPS) is 27.7. The summed E-state index contributed by atoms with van der Waals surface area (Å²) in [5, 5.41) is 3.85. The zero-order chi connectivity index (χ0) is 12.3. The van der Waals surface area contributed by atoms with Crippen molar-refractivity contribution in [3.8, 4) is 0 Å². The van der Waals surface area contributed by atoms with E-state index in [2.05, 4.69) is 37.9 Å². The highest BCUT2D eigenvalue weighted by Gasteiger charge is 2.29. The van der Waals surface area contributed by atoms with Gasteiger partial charge in [-0.1, -0.05) is 20.8 Å². The Kier molecular flexibility index (Phi) is 4.95. The second kappa shape index (κ2) is 5.61. The first kappa shape index (κ1) is 14.1. The smallest absolute Gasteiger partial charge is 0.0444 e. The van der Waals surface area contributed by atoms with E-state index in [0.717, 1.165) is 26.2 Å². The van der Waals surface area contributed by atoms with Gasteiger partial charge in [-0.05, 0) is 12.3 Å². The molecule has 3 atom stereocenters. The van der Waals surface area contributed by atoms with Crippen molar-refractivity contribution in [1.82, 2.24) is 10.2 Å². The first-order chi connectivity index (χ1) is 7.30. The number of hydrogen-bond acceptors (Lipinski definition) is 3. The number of nitrogens with one attached hydrogen (secondary N) is 1. The van der Waals surface area contributed by atoms with E-state index < -0.39 is 10.8 Å². The van der Waals surface area contributed by atoms with Crippen LogP contribution < -0.4 is 5.32 Å². The Morgan fingerprint density at radius 2 is 2.12 bits per heavy atom. The van der Waals surface area contributed by atoms with Gasteiger partial charge in [-0.25, -0.2) is 0 Å². The van der Waals surface area contributed by atoms with E-state index >= 15 is 0 Å². The van der Waals surface area contributed by atoms with Gasteiger partial charge in [0.1, 0.15) is 0 Å². The largest absolute Gasteiger partial charge is 0.311 e. The Morgan fingerprint density at radius 3 is 2.62 bits per heavy atom. The molecule has 1 saturated heterocycles. The molecule has 0 aromatic carbocycles. The van der Waals surface area contributed by atoms with Gasteiger partial charge in [0.2, 0.25) is 0 Å². The Bertz CT molecular complexity index is 250. The summed E-state index contributed by atoms with van der Waals surface area (Å²) in [5.74, 6) is 0. The van der Waals surface area contributed by atoms with Crippen LogP contribution >= 0.6 is 0 Å². The van der Waals surface area contributed by atoms with Crippen LogP contribution in [0.2, 0.25) is 0 Å². The van der Waals surface area contributed by atoms with Gasteiger partial charge >= 0.3 is 0 Å². The summed E-state index contributed by atoms with van der Waals surface area (Å²) < 4.78 is 11.4. The zero-order valence-electron chi connectivity index (χ0n) is 11.2. The van der Waals surface area contributed by atoms with Crippen LogP contribution in [-0.2, 0) is 10.8 Å². The van der Waals surface area contributed by atoms with Gasteiger partial charge in [0.25, 0.3) is 0 Å². The fourth-order valence-electron chi connectivity index (χ4n) is 2.03. The maximum atomic E-state index is 11.4. The number of piperazine rings is 1. The molecule has 1 rings (SSSR count). The van der Waals surface area contributed by atoms with E-state index in [9.17, 15) is 4.21 Å². The maximum absolute atomic E-state index is 11.4. The van der Waals surface area contributed by atoms with E-state index in [1.165, 1.54) is 0 Å². The van der Waals surface area contributed by atoms with Crippen molar-refractivity contribution in [3.05, 3.63) is 0 Å². The molecule has 0 radical (unpaired) electrons. The summed E-state index contributed by atoms with van der Waals surface area (Å²) in [4.78, 5) is 2.44. The van der Waals surface area contributed by atoms with Crippen molar-refractivity contribution in [2.24, 2.45) is 5.41 Å². The average molecular weight is 246 g/mol. The minimum atomic E-state index is -0.706. The van der Waals surface area contributed by atoms with E-state index in [4.69, 9.17) is 0 Å². The van der Waals surface area contributed by atoms with Crippen LogP contribution in [-0.4, -0.2) is 52.8 Å².